The Kier molecular flexibility index (Phi) is 15.2. The average molecular weight is 288 g/mol. The lowest BCUT2D eigenvalue weighted by Gasteiger charge is -2.17. The third-order valence-electron chi connectivity index (χ3n) is 3.82. The molecule has 0 aliphatic heterocycles. The number of hydrogen-bond donors (Lipinski definition) is 2. The van der Waals surface area contributed by atoms with Crippen LogP contribution < -0.4 is 0 Å². The molecule has 0 radical (unpaired) electrons. The SMILES string of the molecule is CCCCCCCCCCCC(CC)OCC(O)CO. The molecule has 0 heterocycles. The van der Waals surface area contributed by atoms with Crippen molar-refractivity contribution in [1.29, 1.82) is 0 Å². The van der Waals surface area contributed by atoms with Gasteiger partial charge in [0, 0.05) is 0 Å². The summed E-state index contributed by atoms with van der Waals surface area (Å²) in [5.41, 5.74) is 0. The summed E-state index contributed by atoms with van der Waals surface area (Å²) in [5, 5.41) is 18.0. The monoisotopic (exact) mass is 288 g/mol. The minimum absolute atomic E-state index is 0.214. The Hall–Kier alpha value is -0.120. The molecular formula is C17H36O3. The molecule has 0 saturated heterocycles. The number of hydrogen-bond acceptors (Lipinski definition) is 3. The molecule has 2 unspecified atom stereocenters. The molecule has 0 aromatic rings. The lowest BCUT2D eigenvalue weighted by atomic mass is 10.0. The smallest absolute Gasteiger partial charge is 0.100 e. The van der Waals surface area contributed by atoms with Crippen LogP contribution in [0.2, 0.25) is 0 Å². The van der Waals surface area contributed by atoms with Crippen LogP contribution in [0.15, 0.2) is 0 Å². The number of rotatable bonds is 15. The van der Waals surface area contributed by atoms with E-state index in [9.17, 15) is 5.11 Å². The Morgan fingerprint density at radius 3 is 1.90 bits per heavy atom. The molecule has 20 heavy (non-hydrogen) atoms. The van der Waals surface area contributed by atoms with Crippen LogP contribution in [0.5, 0.6) is 0 Å². The van der Waals surface area contributed by atoms with Gasteiger partial charge in [0.25, 0.3) is 0 Å². The Balaban J connectivity index is 3.33. The number of aliphatic hydroxyl groups is 2. The Labute approximate surface area is 125 Å². The molecule has 2 atom stereocenters. The van der Waals surface area contributed by atoms with Gasteiger partial charge in [-0.2, -0.15) is 0 Å². The van der Waals surface area contributed by atoms with Gasteiger partial charge in [-0.15, -0.1) is 0 Å². The lowest BCUT2D eigenvalue weighted by Crippen LogP contribution is -2.24. The fraction of sp³-hybridized carbons (Fsp3) is 1.00. The van der Waals surface area contributed by atoms with Crippen LogP contribution >= 0.6 is 0 Å². The van der Waals surface area contributed by atoms with Gasteiger partial charge in [-0.3, -0.25) is 0 Å². The molecule has 0 amide bonds. The van der Waals surface area contributed by atoms with E-state index in [2.05, 4.69) is 13.8 Å². The van der Waals surface area contributed by atoms with Crippen LogP contribution in [-0.2, 0) is 4.74 Å². The van der Waals surface area contributed by atoms with E-state index in [1.54, 1.807) is 0 Å². The number of aliphatic hydroxyl groups excluding tert-OH is 2. The van der Waals surface area contributed by atoms with Crippen LogP contribution in [0, 0.1) is 0 Å². The van der Waals surface area contributed by atoms with E-state index < -0.39 is 6.10 Å². The standard InChI is InChI=1S/C17H36O3/c1-3-5-6-7-8-9-10-11-12-13-17(4-2)20-15-16(19)14-18/h16-19H,3-15H2,1-2H3. The molecular weight excluding hydrogens is 252 g/mol. The Bertz CT molecular complexity index is 185. The second-order valence-electron chi connectivity index (χ2n) is 5.82. The Morgan fingerprint density at radius 1 is 0.850 bits per heavy atom. The predicted octanol–water partition coefficient (Wildman–Crippen LogP) is 4.06. The zero-order chi connectivity index (χ0) is 15.1. The summed E-state index contributed by atoms with van der Waals surface area (Å²) in [5.74, 6) is 0. The third-order valence-corrected chi connectivity index (χ3v) is 3.82. The normalized spacial score (nSPS) is 14.4. The molecule has 2 N–H and O–H groups in total. The fourth-order valence-electron chi connectivity index (χ4n) is 2.39. The average Bonchev–Trinajstić information content (AvgIpc) is 2.48. The van der Waals surface area contributed by atoms with Gasteiger partial charge in [-0.1, -0.05) is 71.6 Å². The van der Waals surface area contributed by atoms with Gasteiger partial charge in [0.05, 0.1) is 19.3 Å². The molecule has 0 saturated carbocycles. The first-order valence-electron chi connectivity index (χ1n) is 8.65. The van der Waals surface area contributed by atoms with E-state index in [1.807, 2.05) is 0 Å². The van der Waals surface area contributed by atoms with Crippen LogP contribution in [-0.4, -0.2) is 35.6 Å². The molecule has 0 aliphatic rings. The molecule has 3 nitrogen and oxygen atoms in total. The van der Waals surface area contributed by atoms with Gasteiger partial charge in [0.2, 0.25) is 0 Å². The van der Waals surface area contributed by atoms with E-state index in [0.717, 1.165) is 12.8 Å². The molecule has 3 heteroatoms. The van der Waals surface area contributed by atoms with Crippen molar-refractivity contribution in [3.8, 4) is 0 Å². The van der Waals surface area contributed by atoms with Crippen molar-refractivity contribution in [1.82, 2.24) is 0 Å². The summed E-state index contributed by atoms with van der Waals surface area (Å²) in [4.78, 5) is 0. The van der Waals surface area contributed by atoms with Crippen LogP contribution in [0.3, 0.4) is 0 Å². The van der Waals surface area contributed by atoms with Gasteiger partial charge in [0.15, 0.2) is 0 Å². The van der Waals surface area contributed by atoms with Gasteiger partial charge in [-0.25, -0.2) is 0 Å². The second kappa shape index (κ2) is 15.3. The maximum Gasteiger partial charge on any atom is 0.100 e. The van der Waals surface area contributed by atoms with Crippen molar-refractivity contribution >= 4 is 0 Å². The van der Waals surface area contributed by atoms with Crippen LogP contribution in [0.1, 0.15) is 84.5 Å². The second-order valence-corrected chi connectivity index (χ2v) is 5.82. The van der Waals surface area contributed by atoms with Gasteiger partial charge in [0.1, 0.15) is 6.10 Å². The van der Waals surface area contributed by atoms with E-state index >= 15 is 0 Å². The van der Waals surface area contributed by atoms with Crippen LogP contribution in [0.4, 0.5) is 0 Å². The maximum atomic E-state index is 9.26. The zero-order valence-corrected chi connectivity index (χ0v) is 13.6. The largest absolute Gasteiger partial charge is 0.394 e. The first-order valence-corrected chi connectivity index (χ1v) is 8.65. The molecule has 0 aliphatic carbocycles. The van der Waals surface area contributed by atoms with Crippen LogP contribution in [0.25, 0.3) is 0 Å². The first kappa shape index (κ1) is 19.9. The van der Waals surface area contributed by atoms with Gasteiger partial charge in [-0.05, 0) is 12.8 Å². The van der Waals surface area contributed by atoms with E-state index in [-0.39, 0.29) is 19.3 Å². The summed E-state index contributed by atoms with van der Waals surface area (Å²) < 4.78 is 5.61. The molecule has 122 valence electrons. The summed E-state index contributed by atoms with van der Waals surface area (Å²) in [6, 6.07) is 0. The highest BCUT2D eigenvalue weighted by atomic mass is 16.5. The molecule has 0 fully saturated rings. The summed E-state index contributed by atoms with van der Waals surface area (Å²) >= 11 is 0. The third kappa shape index (κ3) is 12.9. The van der Waals surface area contributed by atoms with E-state index in [1.165, 1.54) is 57.8 Å². The molecule has 0 bridgehead atoms. The predicted molar refractivity (Wildman–Crippen MR) is 85.0 cm³/mol. The molecule has 0 aromatic heterocycles. The van der Waals surface area contributed by atoms with Gasteiger partial charge >= 0.3 is 0 Å². The first-order chi connectivity index (χ1) is 9.74. The minimum Gasteiger partial charge on any atom is -0.394 e. The zero-order valence-electron chi connectivity index (χ0n) is 13.6. The van der Waals surface area contributed by atoms with Crippen molar-refractivity contribution in [3.05, 3.63) is 0 Å². The summed E-state index contributed by atoms with van der Waals surface area (Å²) in [6.07, 6.45) is 13.6. The van der Waals surface area contributed by atoms with Gasteiger partial charge < -0.3 is 14.9 Å². The highest BCUT2D eigenvalue weighted by molar-refractivity contribution is 4.59. The van der Waals surface area contributed by atoms with Crippen molar-refractivity contribution in [2.24, 2.45) is 0 Å². The maximum absolute atomic E-state index is 9.26. The summed E-state index contributed by atoms with van der Waals surface area (Å²) in [6.45, 7) is 4.41. The molecule has 0 rings (SSSR count). The highest BCUT2D eigenvalue weighted by Gasteiger charge is 2.09. The van der Waals surface area contributed by atoms with Crippen molar-refractivity contribution in [2.45, 2.75) is 96.7 Å². The Morgan fingerprint density at radius 2 is 1.40 bits per heavy atom. The van der Waals surface area contributed by atoms with Crippen molar-refractivity contribution in [3.63, 3.8) is 0 Å². The van der Waals surface area contributed by atoms with Crippen molar-refractivity contribution < 1.29 is 14.9 Å². The van der Waals surface area contributed by atoms with Crippen molar-refractivity contribution in [2.75, 3.05) is 13.2 Å². The summed E-state index contributed by atoms with van der Waals surface area (Å²) in [7, 11) is 0. The molecule has 0 spiro atoms. The topological polar surface area (TPSA) is 49.7 Å². The minimum atomic E-state index is -0.729. The van der Waals surface area contributed by atoms with E-state index in [4.69, 9.17) is 9.84 Å². The fourth-order valence-corrected chi connectivity index (χ4v) is 2.39. The number of ether oxygens (including phenoxy) is 1. The highest BCUT2D eigenvalue weighted by Crippen LogP contribution is 2.14. The number of unbranched alkanes of at least 4 members (excludes halogenated alkanes) is 8. The quantitative estimate of drug-likeness (QED) is 0.447. The van der Waals surface area contributed by atoms with E-state index in [0.29, 0.717) is 0 Å². The molecule has 0 aromatic carbocycles. The lowest BCUT2D eigenvalue weighted by molar-refractivity contribution is -0.0328.